The average Bonchev–Trinajstić information content (AvgIpc) is 3.81. The zero-order valence-electron chi connectivity index (χ0n) is 31.7. The van der Waals surface area contributed by atoms with Crippen molar-refractivity contribution in [2.45, 2.75) is 52.4 Å². The third-order valence-corrected chi connectivity index (χ3v) is 12.1. The maximum Gasteiger partial charge on any atom is 0.293 e. The van der Waals surface area contributed by atoms with E-state index in [4.69, 9.17) is 4.42 Å². The normalized spacial score (nSPS) is 13.7. The van der Waals surface area contributed by atoms with Gasteiger partial charge >= 0.3 is 0 Å². The quantitative estimate of drug-likeness (QED) is 0.168. The van der Waals surface area contributed by atoms with E-state index >= 15 is 0 Å². The summed E-state index contributed by atoms with van der Waals surface area (Å²) in [6.45, 7) is 13.8. The fourth-order valence-electron chi connectivity index (χ4n) is 9.31. The van der Waals surface area contributed by atoms with Crippen LogP contribution in [0.5, 0.6) is 0 Å². The SMILES string of the molecule is CC(C)(C)c1ccc2c(c1)c1cc(C(C)(C)C)ccc1n2-c1ccc2c(c1)N(c1ccc3ccccc3c1)c1cccc3c1B2c1oc2ccccc2c1-3. The molecule has 3 nitrogen and oxygen atoms in total. The number of aromatic nitrogens is 1. The van der Waals surface area contributed by atoms with Gasteiger partial charge in [-0.05, 0) is 110 Å². The van der Waals surface area contributed by atoms with E-state index in [1.165, 1.54) is 82.5 Å². The Bertz CT molecular complexity index is 2970. The van der Waals surface area contributed by atoms with Gasteiger partial charge in [-0.1, -0.05) is 120 Å². The van der Waals surface area contributed by atoms with Crippen molar-refractivity contribution in [1.82, 2.24) is 4.57 Å². The molecular formula is C50H41BN2O. The molecule has 0 radical (unpaired) electrons. The predicted octanol–water partition coefficient (Wildman–Crippen LogP) is 11.6. The Kier molecular flexibility index (Phi) is 6.30. The van der Waals surface area contributed by atoms with Gasteiger partial charge < -0.3 is 13.9 Å². The van der Waals surface area contributed by atoms with E-state index in [1.807, 2.05) is 0 Å². The fourth-order valence-corrected chi connectivity index (χ4v) is 9.31. The molecule has 0 spiro atoms. The highest BCUT2D eigenvalue weighted by molar-refractivity contribution is 7.01. The maximum atomic E-state index is 6.81. The van der Waals surface area contributed by atoms with Gasteiger partial charge in [-0.25, -0.2) is 0 Å². The highest BCUT2D eigenvalue weighted by Gasteiger charge is 2.46. The smallest absolute Gasteiger partial charge is 0.293 e. The van der Waals surface area contributed by atoms with Gasteiger partial charge in [-0.15, -0.1) is 0 Å². The lowest BCUT2D eigenvalue weighted by Crippen LogP contribution is -2.54. The number of benzene rings is 7. The van der Waals surface area contributed by atoms with Crippen LogP contribution in [0, 0.1) is 0 Å². The molecule has 9 aromatic rings. The van der Waals surface area contributed by atoms with Gasteiger partial charge in [-0.2, -0.15) is 0 Å². The molecule has 0 saturated heterocycles. The summed E-state index contributed by atoms with van der Waals surface area (Å²) in [6, 6.07) is 52.2. The largest absolute Gasteiger partial charge is 0.470 e. The molecular weight excluding hydrogens is 655 g/mol. The van der Waals surface area contributed by atoms with Gasteiger partial charge in [0.1, 0.15) is 5.58 Å². The Morgan fingerprint density at radius 1 is 0.519 bits per heavy atom. The van der Waals surface area contributed by atoms with Crippen LogP contribution in [0.2, 0.25) is 0 Å². The molecule has 0 bridgehead atoms. The second-order valence-corrected chi connectivity index (χ2v) is 17.4. The van der Waals surface area contributed by atoms with Crippen molar-refractivity contribution in [3.8, 4) is 16.8 Å². The first kappa shape index (κ1) is 31.5. The topological polar surface area (TPSA) is 21.3 Å². The van der Waals surface area contributed by atoms with Crippen LogP contribution in [0.25, 0.3) is 60.4 Å². The first-order valence-electron chi connectivity index (χ1n) is 19.2. The van der Waals surface area contributed by atoms with Crippen LogP contribution in [0.1, 0.15) is 52.7 Å². The molecule has 0 fully saturated rings. The number of anilines is 3. The van der Waals surface area contributed by atoms with Crippen LogP contribution >= 0.6 is 0 Å². The lowest BCUT2D eigenvalue weighted by atomic mass is 9.39. The maximum absolute atomic E-state index is 6.81. The molecule has 54 heavy (non-hydrogen) atoms. The summed E-state index contributed by atoms with van der Waals surface area (Å²) in [5.74, 6) is 0. The van der Waals surface area contributed by atoms with Crippen LogP contribution in [0.4, 0.5) is 17.1 Å². The molecule has 260 valence electrons. The van der Waals surface area contributed by atoms with E-state index in [9.17, 15) is 0 Å². The van der Waals surface area contributed by atoms with Crippen molar-refractivity contribution in [2.24, 2.45) is 0 Å². The predicted molar refractivity (Wildman–Crippen MR) is 230 cm³/mol. The Labute approximate surface area is 316 Å². The van der Waals surface area contributed by atoms with E-state index in [0.717, 1.165) is 22.6 Å². The first-order valence-corrected chi connectivity index (χ1v) is 19.2. The van der Waals surface area contributed by atoms with Gasteiger partial charge in [0.2, 0.25) is 0 Å². The molecule has 0 amide bonds. The third-order valence-electron chi connectivity index (χ3n) is 12.1. The van der Waals surface area contributed by atoms with Crippen LogP contribution in [-0.4, -0.2) is 11.3 Å². The highest BCUT2D eigenvalue weighted by atomic mass is 16.3. The van der Waals surface area contributed by atoms with E-state index in [0.29, 0.717) is 0 Å². The fraction of sp³-hybridized carbons (Fsp3) is 0.160. The van der Waals surface area contributed by atoms with E-state index in [-0.39, 0.29) is 17.5 Å². The van der Waals surface area contributed by atoms with Crippen molar-refractivity contribution < 1.29 is 4.42 Å². The molecule has 2 aromatic heterocycles. The van der Waals surface area contributed by atoms with Crippen molar-refractivity contribution in [3.63, 3.8) is 0 Å². The molecule has 0 unspecified atom stereocenters. The van der Waals surface area contributed by atoms with Gasteiger partial charge in [0.15, 0.2) is 0 Å². The number of hydrogen-bond acceptors (Lipinski definition) is 2. The Balaban J connectivity index is 1.21. The molecule has 2 aliphatic heterocycles. The van der Waals surface area contributed by atoms with Crippen LogP contribution in [0.15, 0.2) is 144 Å². The summed E-state index contributed by atoms with van der Waals surface area (Å²) in [7, 11) is 0. The standard InChI is InChI=1S/C50H41BN2O/c1-49(2,3)32-19-24-41-38(27-32)39-28-33(50(4,5)6)20-25-42(39)52(41)35-22-23-40-44(29-35)53(34-21-18-30-12-7-8-13-31(30)26-34)43-16-11-15-37-46-36-14-9-10-17-45(36)54-48(46)51(40)47(37)43/h7-29H,1-6H3. The first-order chi connectivity index (χ1) is 26.0. The Morgan fingerprint density at radius 3 is 1.91 bits per heavy atom. The second-order valence-electron chi connectivity index (χ2n) is 17.4. The zero-order chi connectivity index (χ0) is 36.7. The monoisotopic (exact) mass is 696 g/mol. The summed E-state index contributed by atoms with van der Waals surface area (Å²) in [5, 5.41) is 6.24. The van der Waals surface area contributed by atoms with Crippen LogP contribution in [-0.2, 0) is 10.8 Å². The van der Waals surface area contributed by atoms with Crippen molar-refractivity contribution in [1.29, 1.82) is 0 Å². The third kappa shape index (κ3) is 4.37. The van der Waals surface area contributed by atoms with Crippen molar-refractivity contribution in [2.75, 3.05) is 4.90 Å². The highest BCUT2D eigenvalue weighted by Crippen LogP contribution is 2.45. The number of fused-ring (bicyclic) bond motifs is 11. The summed E-state index contributed by atoms with van der Waals surface area (Å²) in [6.07, 6.45) is 0. The Morgan fingerprint density at radius 2 is 1.19 bits per heavy atom. The van der Waals surface area contributed by atoms with Gasteiger partial charge in [-0.3, -0.25) is 0 Å². The number of furan rings is 1. The molecule has 0 aliphatic carbocycles. The van der Waals surface area contributed by atoms with Crippen molar-refractivity contribution in [3.05, 3.63) is 151 Å². The van der Waals surface area contributed by atoms with E-state index in [1.54, 1.807) is 0 Å². The van der Waals surface area contributed by atoms with Gasteiger partial charge in [0.25, 0.3) is 6.71 Å². The van der Waals surface area contributed by atoms with Crippen LogP contribution < -0.4 is 21.5 Å². The summed E-state index contributed by atoms with van der Waals surface area (Å²) < 4.78 is 9.29. The molecule has 0 saturated carbocycles. The second kappa shape index (κ2) is 10.8. The van der Waals surface area contributed by atoms with Crippen molar-refractivity contribution >= 4 is 83.9 Å². The lowest BCUT2D eigenvalue weighted by molar-refractivity contribution is 0.590. The minimum Gasteiger partial charge on any atom is -0.470 e. The minimum absolute atomic E-state index is 0.00111. The molecule has 4 heterocycles. The molecule has 2 aliphatic rings. The average molecular weight is 697 g/mol. The summed E-state index contributed by atoms with van der Waals surface area (Å²) in [4.78, 5) is 2.50. The summed E-state index contributed by atoms with van der Waals surface area (Å²) >= 11 is 0. The number of nitrogens with zero attached hydrogens (tertiary/aromatic N) is 2. The van der Waals surface area contributed by atoms with Gasteiger partial charge in [0.05, 0.1) is 16.7 Å². The Hall–Kier alpha value is -6.00. The number of para-hydroxylation sites is 1. The summed E-state index contributed by atoms with van der Waals surface area (Å²) in [5.41, 5.74) is 17.0. The molecule has 7 aromatic carbocycles. The molecule has 11 rings (SSSR count). The number of hydrogen-bond donors (Lipinski definition) is 0. The zero-order valence-corrected chi connectivity index (χ0v) is 31.7. The molecule has 0 atom stereocenters. The lowest BCUT2D eigenvalue weighted by Gasteiger charge is -2.36. The van der Waals surface area contributed by atoms with Crippen LogP contribution in [0.3, 0.4) is 0 Å². The van der Waals surface area contributed by atoms with E-state index in [2.05, 4.69) is 191 Å². The number of rotatable bonds is 2. The molecule has 0 N–H and O–H groups in total. The van der Waals surface area contributed by atoms with E-state index < -0.39 is 0 Å². The minimum atomic E-state index is 0.00111. The van der Waals surface area contributed by atoms with Gasteiger partial charge in [0, 0.05) is 44.5 Å². The molecule has 4 heteroatoms.